The molecular formula is C22H20BrN3O3. The summed E-state index contributed by atoms with van der Waals surface area (Å²) in [5, 5.41) is 14.8. The van der Waals surface area contributed by atoms with E-state index in [1.54, 1.807) is 18.2 Å². The maximum atomic E-state index is 13.0. The molecule has 6 nitrogen and oxygen atoms in total. The summed E-state index contributed by atoms with van der Waals surface area (Å²) in [4.78, 5) is 18.4. The highest BCUT2D eigenvalue weighted by molar-refractivity contribution is 9.10. The van der Waals surface area contributed by atoms with Crippen LogP contribution in [0.15, 0.2) is 46.8 Å². The molecule has 1 saturated heterocycles. The number of carbonyl (C=O) groups is 1. The van der Waals surface area contributed by atoms with Gasteiger partial charge in [0.05, 0.1) is 11.1 Å². The van der Waals surface area contributed by atoms with Gasteiger partial charge in [-0.25, -0.2) is 0 Å². The fourth-order valence-corrected chi connectivity index (χ4v) is 4.28. The SMILES string of the molecule is O=C1C(=Cc2c[nH]c3ccc(Br)cc23)Oc2c1ccc(O)c2CN1CCNCC1. The average molecular weight is 454 g/mol. The zero-order valence-corrected chi connectivity index (χ0v) is 17.3. The number of nitrogens with zero attached hydrogens (tertiary/aromatic N) is 1. The Labute approximate surface area is 176 Å². The lowest BCUT2D eigenvalue weighted by Gasteiger charge is -2.27. The zero-order valence-electron chi connectivity index (χ0n) is 15.7. The number of ether oxygens (including phenoxy) is 1. The predicted molar refractivity (Wildman–Crippen MR) is 115 cm³/mol. The van der Waals surface area contributed by atoms with Crippen LogP contribution in [0.25, 0.3) is 17.0 Å². The van der Waals surface area contributed by atoms with Gasteiger partial charge in [0.2, 0.25) is 5.78 Å². The highest BCUT2D eigenvalue weighted by Gasteiger charge is 2.32. The van der Waals surface area contributed by atoms with Crippen molar-refractivity contribution in [1.82, 2.24) is 15.2 Å². The van der Waals surface area contributed by atoms with Crippen LogP contribution in [0.4, 0.5) is 0 Å². The number of aromatic hydroxyl groups is 1. The van der Waals surface area contributed by atoms with Crippen molar-refractivity contribution in [2.45, 2.75) is 6.54 Å². The van der Waals surface area contributed by atoms with E-state index in [0.29, 0.717) is 23.4 Å². The van der Waals surface area contributed by atoms with E-state index in [1.165, 1.54) is 0 Å². The molecule has 0 aliphatic carbocycles. The molecule has 0 spiro atoms. The minimum absolute atomic E-state index is 0.160. The molecule has 5 rings (SSSR count). The number of rotatable bonds is 3. The van der Waals surface area contributed by atoms with Crippen molar-refractivity contribution in [2.75, 3.05) is 26.2 Å². The first-order valence-electron chi connectivity index (χ1n) is 9.59. The number of benzene rings is 2. The number of carbonyl (C=O) groups excluding carboxylic acids is 1. The molecule has 2 aliphatic heterocycles. The van der Waals surface area contributed by atoms with Crippen LogP contribution in [0, 0.1) is 0 Å². The van der Waals surface area contributed by atoms with Gasteiger partial charge in [0.15, 0.2) is 5.76 Å². The molecule has 29 heavy (non-hydrogen) atoms. The molecule has 0 amide bonds. The first kappa shape index (κ1) is 18.4. The largest absolute Gasteiger partial charge is 0.507 e. The summed E-state index contributed by atoms with van der Waals surface area (Å²) in [7, 11) is 0. The number of aromatic amines is 1. The Hall–Kier alpha value is -2.61. The quantitative estimate of drug-likeness (QED) is 0.527. The van der Waals surface area contributed by atoms with E-state index in [4.69, 9.17) is 4.74 Å². The van der Waals surface area contributed by atoms with Crippen molar-refractivity contribution in [3.63, 3.8) is 0 Å². The molecular weight excluding hydrogens is 434 g/mol. The number of aromatic nitrogens is 1. The van der Waals surface area contributed by atoms with Crippen molar-refractivity contribution < 1.29 is 14.6 Å². The Kier molecular flexibility index (Phi) is 4.66. The topological polar surface area (TPSA) is 77.6 Å². The van der Waals surface area contributed by atoms with Gasteiger partial charge >= 0.3 is 0 Å². The Morgan fingerprint density at radius 1 is 1.21 bits per heavy atom. The molecule has 148 valence electrons. The smallest absolute Gasteiger partial charge is 0.231 e. The normalized spacial score (nSPS) is 18.4. The number of phenols is 1. The van der Waals surface area contributed by atoms with Crippen molar-refractivity contribution in [3.8, 4) is 11.5 Å². The number of hydrogen-bond donors (Lipinski definition) is 3. The fraction of sp³-hybridized carbons (Fsp3) is 0.227. The minimum atomic E-state index is -0.161. The maximum Gasteiger partial charge on any atom is 0.231 e. The van der Waals surface area contributed by atoms with Crippen molar-refractivity contribution in [1.29, 1.82) is 0 Å². The Bertz CT molecular complexity index is 1150. The van der Waals surface area contributed by atoms with Crippen LogP contribution in [0.3, 0.4) is 0 Å². The third-order valence-corrected chi connectivity index (χ3v) is 5.96. The lowest BCUT2D eigenvalue weighted by atomic mass is 10.0. The zero-order chi connectivity index (χ0) is 20.0. The van der Waals surface area contributed by atoms with E-state index in [-0.39, 0.29) is 17.3 Å². The highest BCUT2D eigenvalue weighted by atomic mass is 79.9. The van der Waals surface area contributed by atoms with Gasteiger partial charge in [-0.3, -0.25) is 9.69 Å². The number of halogens is 1. The number of Topliss-reactive ketones (excluding diaryl/α,β-unsaturated/α-hetero) is 1. The number of piperazine rings is 1. The lowest BCUT2D eigenvalue weighted by molar-refractivity contribution is 0.101. The number of allylic oxidation sites excluding steroid dienone is 1. The van der Waals surface area contributed by atoms with Crippen LogP contribution in [-0.4, -0.2) is 47.0 Å². The molecule has 1 aromatic heterocycles. The van der Waals surface area contributed by atoms with Crippen molar-refractivity contribution in [2.24, 2.45) is 0 Å². The molecule has 2 aliphatic rings. The molecule has 0 atom stereocenters. The van der Waals surface area contributed by atoms with Gasteiger partial charge in [-0.05, 0) is 36.4 Å². The standard InChI is InChI=1S/C22H20BrN3O3/c23-14-1-3-18-16(10-14)13(11-25-18)9-20-21(28)15-2-4-19(27)17(22(15)29-20)12-26-7-5-24-6-8-26/h1-4,9-11,24-25,27H,5-8,12H2. The molecule has 0 bridgehead atoms. The average Bonchev–Trinajstić information content (AvgIpc) is 3.26. The maximum absolute atomic E-state index is 13.0. The minimum Gasteiger partial charge on any atom is -0.507 e. The number of phenolic OH excluding ortho intramolecular Hbond substituents is 1. The number of nitrogens with one attached hydrogen (secondary N) is 2. The summed E-state index contributed by atoms with van der Waals surface area (Å²) >= 11 is 3.49. The van der Waals surface area contributed by atoms with E-state index < -0.39 is 0 Å². The second kappa shape index (κ2) is 7.33. The number of fused-ring (bicyclic) bond motifs is 2. The third-order valence-electron chi connectivity index (χ3n) is 5.47. The van der Waals surface area contributed by atoms with E-state index in [9.17, 15) is 9.90 Å². The van der Waals surface area contributed by atoms with Gasteiger partial charge in [0.25, 0.3) is 0 Å². The second-order valence-corrected chi connectivity index (χ2v) is 8.26. The second-order valence-electron chi connectivity index (χ2n) is 7.34. The summed E-state index contributed by atoms with van der Waals surface area (Å²) in [6, 6.07) is 9.18. The Morgan fingerprint density at radius 3 is 2.86 bits per heavy atom. The molecule has 3 N–H and O–H groups in total. The van der Waals surface area contributed by atoms with Crippen LogP contribution in [0.1, 0.15) is 21.5 Å². The highest BCUT2D eigenvalue weighted by Crippen LogP contribution is 2.40. The number of H-pyrrole nitrogens is 1. The van der Waals surface area contributed by atoms with E-state index in [0.717, 1.165) is 47.1 Å². The molecule has 7 heteroatoms. The summed E-state index contributed by atoms with van der Waals surface area (Å²) in [5.41, 5.74) is 3.04. The molecule has 3 heterocycles. The third kappa shape index (κ3) is 3.35. The Balaban J connectivity index is 1.50. The molecule has 2 aromatic carbocycles. The van der Waals surface area contributed by atoms with Gasteiger partial charge in [0, 0.05) is 59.9 Å². The lowest BCUT2D eigenvalue weighted by Crippen LogP contribution is -2.42. The summed E-state index contributed by atoms with van der Waals surface area (Å²) < 4.78 is 6.98. The summed E-state index contributed by atoms with van der Waals surface area (Å²) in [6.45, 7) is 4.17. The van der Waals surface area contributed by atoms with E-state index in [1.807, 2.05) is 24.4 Å². The molecule has 0 radical (unpaired) electrons. The van der Waals surface area contributed by atoms with Crippen LogP contribution < -0.4 is 10.1 Å². The Morgan fingerprint density at radius 2 is 2.03 bits per heavy atom. The van der Waals surface area contributed by atoms with Crippen LogP contribution in [-0.2, 0) is 6.54 Å². The van der Waals surface area contributed by atoms with E-state index in [2.05, 4.69) is 31.1 Å². The molecule has 0 unspecified atom stereocenters. The van der Waals surface area contributed by atoms with Crippen LogP contribution in [0.5, 0.6) is 11.5 Å². The summed E-state index contributed by atoms with van der Waals surface area (Å²) in [6.07, 6.45) is 3.63. The molecule has 3 aromatic rings. The van der Waals surface area contributed by atoms with Gasteiger partial charge in [0.1, 0.15) is 11.5 Å². The predicted octanol–water partition coefficient (Wildman–Crippen LogP) is 3.66. The van der Waals surface area contributed by atoms with Gasteiger partial charge in [-0.15, -0.1) is 0 Å². The molecule has 0 saturated carbocycles. The van der Waals surface area contributed by atoms with Crippen molar-refractivity contribution in [3.05, 3.63) is 63.5 Å². The van der Waals surface area contributed by atoms with Gasteiger partial charge in [-0.1, -0.05) is 15.9 Å². The fourth-order valence-electron chi connectivity index (χ4n) is 3.92. The van der Waals surface area contributed by atoms with E-state index >= 15 is 0 Å². The number of ketones is 1. The van der Waals surface area contributed by atoms with Gasteiger partial charge in [-0.2, -0.15) is 0 Å². The number of hydrogen-bond acceptors (Lipinski definition) is 5. The summed E-state index contributed by atoms with van der Waals surface area (Å²) in [5.74, 6) is 0.743. The van der Waals surface area contributed by atoms with Gasteiger partial charge < -0.3 is 20.1 Å². The molecule has 1 fully saturated rings. The van der Waals surface area contributed by atoms with Crippen LogP contribution >= 0.6 is 15.9 Å². The van der Waals surface area contributed by atoms with Crippen molar-refractivity contribution >= 4 is 38.7 Å². The first-order chi connectivity index (χ1) is 14.1. The monoisotopic (exact) mass is 453 g/mol. The first-order valence-corrected chi connectivity index (χ1v) is 10.4. The van der Waals surface area contributed by atoms with Crippen LogP contribution in [0.2, 0.25) is 0 Å².